The maximum absolute atomic E-state index is 16.4. The molecule has 3 aromatic carbocycles. The number of amides is 2. The molecular weight excluding hydrogens is 809 g/mol. The average molecular weight is 855 g/mol. The molecule has 1 unspecified atom stereocenters. The summed E-state index contributed by atoms with van der Waals surface area (Å²) < 4.78 is 30.8. The average Bonchev–Trinajstić information content (AvgIpc) is 3.82. The van der Waals surface area contributed by atoms with Gasteiger partial charge in [0.1, 0.15) is 18.3 Å². The van der Waals surface area contributed by atoms with Gasteiger partial charge in [0, 0.05) is 39.9 Å². The largest absolute Gasteiger partial charge is 0.395 e. The smallest absolute Gasteiger partial charge is 0.264 e. The van der Waals surface area contributed by atoms with Gasteiger partial charge in [0.25, 0.3) is 11.8 Å². The highest BCUT2D eigenvalue weighted by Crippen LogP contribution is 2.60. The van der Waals surface area contributed by atoms with Gasteiger partial charge in [0.15, 0.2) is 18.0 Å². The highest BCUT2D eigenvalue weighted by molar-refractivity contribution is 9.10. The van der Waals surface area contributed by atoms with Gasteiger partial charge in [0.05, 0.1) is 36.6 Å². The monoisotopic (exact) mass is 853 g/mol. The highest BCUT2D eigenvalue weighted by atomic mass is 79.9. The number of halogens is 2. The van der Waals surface area contributed by atoms with Gasteiger partial charge >= 0.3 is 0 Å². The van der Waals surface area contributed by atoms with Crippen LogP contribution in [0.1, 0.15) is 41.6 Å². The van der Waals surface area contributed by atoms with Crippen LogP contribution in [0.4, 0.5) is 15.5 Å². The van der Waals surface area contributed by atoms with E-state index in [1.807, 2.05) is 55.5 Å². The number of benzene rings is 3. The van der Waals surface area contributed by atoms with E-state index < -0.39 is 68.2 Å². The van der Waals surface area contributed by atoms with Crippen LogP contribution in [0.15, 0.2) is 83.5 Å². The zero-order valence-electron chi connectivity index (χ0n) is 30.9. The molecule has 10 atom stereocenters. The molecule has 298 valence electrons. The molecule has 0 radical (unpaired) electrons. The second-order valence-electron chi connectivity index (χ2n) is 15.3. The van der Waals surface area contributed by atoms with Crippen molar-refractivity contribution < 1.29 is 48.7 Å². The van der Waals surface area contributed by atoms with E-state index in [2.05, 4.69) is 31.6 Å². The summed E-state index contributed by atoms with van der Waals surface area (Å²) in [5.74, 6) is -2.01. The number of anilines is 2. The van der Waals surface area contributed by atoms with Crippen LogP contribution in [-0.4, -0.2) is 104 Å². The van der Waals surface area contributed by atoms with Crippen molar-refractivity contribution in [2.24, 2.45) is 5.92 Å². The highest BCUT2D eigenvalue weighted by Gasteiger charge is 2.66. The number of hydrogen-bond donors (Lipinski definition) is 6. The van der Waals surface area contributed by atoms with E-state index in [-0.39, 0.29) is 25.0 Å². The summed E-state index contributed by atoms with van der Waals surface area (Å²) in [7, 11) is -3.44. The summed E-state index contributed by atoms with van der Waals surface area (Å²) in [4.78, 5) is 29.3. The minimum absolute atomic E-state index is 0.140. The SMILES string of the molecule is C[C@H]1[C@H]([Si](C)(C)F)[C@@H](CCn2cc(C(CO)c3ccccc3)nn2)O[C@]12C(=O)N(Cc1ccc(NC(=O)[C@H]3O[C@@H](O)[C@H](O)[C@@H](O)[C@@H]3O)cc1)c1ccc(Br)cc12. The molecule has 0 bridgehead atoms. The first kappa shape index (κ1) is 40.3. The number of aromatic nitrogens is 3. The van der Waals surface area contributed by atoms with Gasteiger partial charge in [0.2, 0.25) is 8.41 Å². The van der Waals surface area contributed by atoms with Crippen LogP contribution >= 0.6 is 15.9 Å². The van der Waals surface area contributed by atoms with E-state index in [0.717, 1.165) is 10.0 Å². The molecule has 1 aromatic heterocycles. The molecule has 6 N–H and O–H groups in total. The van der Waals surface area contributed by atoms with Crippen LogP contribution in [-0.2, 0) is 37.8 Å². The van der Waals surface area contributed by atoms with Crippen LogP contribution in [0.2, 0.25) is 18.6 Å². The predicted molar refractivity (Wildman–Crippen MR) is 207 cm³/mol. The van der Waals surface area contributed by atoms with E-state index in [9.17, 15) is 35.1 Å². The summed E-state index contributed by atoms with van der Waals surface area (Å²) in [6, 6.07) is 21.7. The maximum atomic E-state index is 16.4. The molecule has 14 nitrogen and oxygen atoms in total. The Morgan fingerprint density at radius 1 is 1.04 bits per heavy atom. The minimum atomic E-state index is -3.44. The van der Waals surface area contributed by atoms with Gasteiger partial charge < -0.3 is 49.3 Å². The van der Waals surface area contributed by atoms with Crippen molar-refractivity contribution >= 4 is 47.5 Å². The first-order chi connectivity index (χ1) is 26.6. The molecule has 56 heavy (non-hydrogen) atoms. The van der Waals surface area contributed by atoms with Gasteiger partial charge in [-0.3, -0.25) is 14.3 Å². The van der Waals surface area contributed by atoms with Gasteiger partial charge in [-0.05, 0) is 61.0 Å². The number of carbonyl (C=O) groups is 2. The fourth-order valence-corrected chi connectivity index (χ4v) is 11.4. The molecule has 3 aliphatic heterocycles. The quantitative estimate of drug-likeness (QED) is 0.0956. The number of nitrogens with zero attached hydrogens (tertiary/aromatic N) is 4. The lowest BCUT2D eigenvalue weighted by Crippen LogP contribution is -2.60. The Kier molecular flexibility index (Phi) is 11.4. The van der Waals surface area contributed by atoms with Crippen LogP contribution in [0.25, 0.3) is 0 Å². The third-order valence-electron chi connectivity index (χ3n) is 11.3. The topological polar surface area (TPSA) is 200 Å². The fraction of sp³-hybridized carbons (Fsp3) is 0.436. The third kappa shape index (κ3) is 7.36. The number of aryl methyl sites for hydroxylation is 1. The molecule has 1 spiro atoms. The Morgan fingerprint density at radius 2 is 1.75 bits per heavy atom. The van der Waals surface area contributed by atoms with Crippen molar-refractivity contribution in [1.82, 2.24) is 15.0 Å². The molecule has 3 aliphatic rings. The molecule has 0 aliphatic carbocycles. The fourth-order valence-electron chi connectivity index (χ4n) is 8.51. The molecule has 2 saturated heterocycles. The van der Waals surface area contributed by atoms with E-state index in [1.54, 1.807) is 53.1 Å². The summed E-state index contributed by atoms with van der Waals surface area (Å²) >= 11 is 3.57. The third-order valence-corrected chi connectivity index (χ3v) is 14.2. The Morgan fingerprint density at radius 3 is 2.43 bits per heavy atom. The maximum Gasteiger partial charge on any atom is 0.264 e. The Balaban J connectivity index is 1.10. The lowest BCUT2D eigenvalue weighted by atomic mass is 9.82. The molecule has 2 fully saturated rings. The van der Waals surface area contributed by atoms with Crippen molar-refractivity contribution in [3.63, 3.8) is 0 Å². The second kappa shape index (κ2) is 15.8. The van der Waals surface area contributed by atoms with Crippen molar-refractivity contribution in [2.45, 2.75) is 93.4 Å². The molecule has 4 heterocycles. The molecule has 4 aromatic rings. The Labute approximate surface area is 332 Å². The number of ether oxygens (including phenoxy) is 2. The first-order valence-corrected chi connectivity index (χ1v) is 22.2. The molecule has 17 heteroatoms. The van der Waals surface area contributed by atoms with Crippen LogP contribution in [0.5, 0.6) is 0 Å². The lowest BCUT2D eigenvalue weighted by Gasteiger charge is -2.37. The Hall–Kier alpha value is -3.91. The summed E-state index contributed by atoms with van der Waals surface area (Å²) in [5.41, 5.74) is 1.86. The standard InChI is InChI=1S/C39H45BrFN5O9Si/c1-21-35(56(2,3)41)30(15-16-45-19-28(43-44-45)26(20-47)23-7-5-4-6-8-23)55-39(21)27-17-24(40)11-14-29(27)46(38(39)53)18-22-9-12-25(13-10-22)42-36(51)34-32(49)31(48)33(50)37(52)54-34/h4-14,17,19,21,26,30-35,37,47-50,52H,15-16,18,20H2,1-3H3,(H,42,51)/t21-,26?,30+,31-,32-,33+,34-,35-,37+,39+/m0/s1. The number of aliphatic hydroxyl groups excluding tert-OH is 5. The number of rotatable bonds is 11. The van der Waals surface area contributed by atoms with Crippen LogP contribution in [0.3, 0.4) is 0 Å². The Bertz CT molecular complexity index is 2060. The zero-order chi connectivity index (χ0) is 40.1. The van der Waals surface area contributed by atoms with Crippen molar-refractivity contribution in [1.29, 1.82) is 0 Å². The zero-order valence-corrected chi connectivity index (χ0v) is 33.5. The number of fused-ring (bicyclic) bond motifs is 2. The summed E-state index contributed by atoms with van der Waals surface area (Å²) in [5, 5.41) is 61.1. The van der Waals surface area contributed by atoms with E-state index >= 15 is 4.11 Å². The molecule has 2 amide bonds. The number of carbonyl (C=O) groups excluding carboxylic acids is 2. The predicted octanol–water partition coefficient (Wildman–Crippen LogP) is 3.32. The lowest BCUT2D eigenvalue weighted by molar-refractivity contribution is -0.274. The van der Waals surface area contributed by atoms with Gasteiger partial charge in [-0.25, -0.2) is 0 Å². The van der Waals surface area contributed by atoms with Gasteiger partial charge in [-0.2, -0.15) is 0 Å². The van der Waals surface area contributed by atoms with Crippen molar-refractivity contribution in [2.75, 3.05) is 16.8 Å². The van der Waals surface area contributed by atoms with E-state index in [4.69, 9.17) is 9.47 Å². The number of hydrogen-bond acceptors (Lipinski definition) is 11. The normalized spacial score (nSPS) is 29.5. The van der Waals surface area contributed by atoms with Gasteiger partial charge in [-0.15, -0.1) is 5.10 Å². The molecular formula is C39H45BrFN5O9Si. The summed E-state index contributed by atoms with van der Waals surface area (Å²) in [6.45, 7) is 5.55. The minimum Gasteiger partial charge on any atom is -0.395 e. The summed E-state index contributed by atoms with van der Waals surface area (Å²) in [6.07, 6.45) is -7.28. The number of aliphatic hydroxyl groups is 5. The van der Waals surface area contributed by atoms with Gasteiger partial charge in [-0.1, -0.05) is 70.5 Å². The second-order valence-corrected chi connectivity index (χ2v) is 20.0. The van der Waals surface area contributed by atoms with Crippen molar-refractivity contribution in [3.05, 3.63) is 106 Å². The van der Waals surface area contributed by atoms with Crippen molar-refractivity contribution in [3.8, 4) is 0 Å². The first-order valence-electron chi connectivity index (χ1n) is 18.5. The van der Waals surface area contributed by atoms with Crippen LogP contribution in [0, 0.1) is 5.92 Å². The van der Waals surface area contributed by atoms with Crippen LogP contribution < -0.4 is 10.2 Å². The van der Waals surface area contributed by atoms with E-state index in [1.165, 1.54) is 0 Å². The number of nitrogens with one attached hydrogen (secondary N) is 1. The molecule has 0 saturated carbocycles. The van der Waals surface area contributed by atoms with E-state index in [0.29, 0.717) is 41.2 Å². The molecule has 7 rings (SSSR count).